The van der Waals surface area contributed by atoms with Crippen LogP contribution < -0.4 is 21.7 Å². The van der Waals surface area contributed by atoms with E-state index in [1.807, 2.05) is 42.6 Å². The number of rotatable bonds is 5. The highest BCUT2D eigenvalue weighted by Gasteiger charge is 2.52. The maximum Gasteiger partial charge on any atom is 0.314 e. The molecule has 0 saturated heterocycles. The van der Waals surface area contributed by atoms with E-state index in [1.165, 1.54) is 6.20 Å². The molecular weight excluding hydrogens is 404 g/mol. The fourth-order valence-electron chi connectivity index (χ4n) is 4.65. The second-order valence-corrected chi connectivity index (χ2v) is 9.22. The zero-order valence-corrected chi connectivity index (χ0v) is 18.9. The van der Waals surface area contributed by atoms with Crippen LogP contribution in [0.3, 0.4) is 0 Å². The molecule has 4 rings (SSSR count). The quantitative estimate of drug-likeness (QED) is 0.493. The van der Waals surface area contributed by atoms with E-state index in [2.05, 4.69) is 41.8 Å². The summed E-state index contributed by atoms with van der Waals surface area (Å²) in [7, 11) is 1.61. The molecule has 0 radical (unpaired) electrons. The molecule has 168 valence electrons. The number of amides is 3. The highest BCUT2D eigenvalue weighted by Crippen LogP contribution is 2.47. The highest BCUT2D eigenvalue weighted by atomic mass is 16.2. The zero-order valence-electron chi connectivity index (χ0n) is 18.9. The van der Waals surface area contributed by atoms with E-state index in [-0.39, 0.29) is 17.5 Å². The third-order valence-electron chi connectivity index (χ3n) is 7.17. The number of fused-ring (bicyclic) bond motifs is 1. The fraction of sp³-hybridized carbons (Fsp3) is 0.375. The van der Waals surface area contributed by atoms with Gasteiger partial charge in [0.25, 0.3) is 5.91 Å². The highest BCUT2D eigenvalue weighted by molar-refractivity contribution is 6.02. The minimum Gasteiger partial charge on any atom is -0.379 e. The molecule has 2 heterocycles. The van der Waals surface area contributed by atoms with Crippen molar-refractivity contribution in [1.82, 2.24) is 20.2 Å². The van der Waals surface area contributed by atoms with Gasteiger partial charge in [-0.25, -0.2) is 9.31 Å². The van der Waals surface area contributed by atoms with Gasteiger partial charge in [0.1, 0.15) is 0 Å². The van der Waals surface area contributed by atoms with Crippen LogP contribution in [0.1, 0.15) is 44.0 Å². The fourth-order valence-corrected chi connectivity index (χ4v) is 4.65. The van der Waals surface area contributed by atoms with Crippen LogP contribution in [0.15, 0.2) is 48.8 Å². The lowest BCUT2D eigenvalue weighted by atomic mass is 9.74. The summed E-state index contributed by atoms with van der Waals surface area (Å²) in [6, 6.07) is 11.8. The Morgan fingerprint density at radius 1 is 1.16 bits per heavy atom. The molecule has 8 heteroatoms. The van der Waals surface area contributed by atoms with Crippen molar-refractivity contribution < 1.29 is 9.59 Å². The van der Waals surface area contributed by atoms with Crippen LogP contribution in [0.5, 0.6) is 0 Å². The maximum atomic E-state index is 12.3. The van der Waals surface area contributed by atoms with E-state index in [0.717, 1.165) is 29.5 Å². The Morgan fingerprint density at radius 2 is 1.88 bits per heavy atom. The number of benzene rings is 1. The van der Waals surface area contributed by atoms with Gasteiger partial charge in [0.15, 0.2) is 0 Å². The lowest BCUT2D eigenvalue weighted by Crippen LogP contribution is -2.58. The number of anilines is 1. The summed E-state index contributed by atoms with van der Waals surface area (Å²) in [6.45, 7) is 6.32. The molecule has 1 saturated carbocycles. The Hall–Kier alpha value is -3.55. The average Bonchev–Trinajstić information content (AvgIpc) is 3.29. The van der Waals surface area contributed by atoms with Crippen molar-refractivity contribution in [3.63, 3.8) is 0 Å². The van der Waals surface area contributed by atoms with Crippen LogP contribution in [0.4, 0.5) is 10.5 Å². The number of carbonyl (C=O) groups excluding carboxylic acids is 2. The molecule has 3 aromatic rings. The average molecular weight is 435 g/mol. The van der Waals surface area contributed by atoms with Crippen molar-refractivity contribution in [3.05, 3.63) is 54.4 Å². The molecule has 0 spiro atoms. The summed E-state index contributed by atoms with van der Waals surface area (Å²) >= 11 is 0. The molecule has 3 amide bonds. The van der Waals surface area contributed by atoms with Crippen molar-refractivity contribution in [3.8, 4) is 11.1 Å². The molecule has 0 aliphatic heterocycles. The molecule has 2 atom stereocenters. The summed E-state index contributed by atoms with van der Waals surface area (Å²) in [5.41, 5.74) is 8.84. The number of nitrogens with zero attached hydrogens (tertiary/aromatic N) is 2. The molecule has 0 bridgehead atoms. The summed E-state index contributed by atoms with van der Waals surface area (Å²) in [5, 5.41) is 13.8. The number of nitrogens with two attached hydrogens (primary N) is 1. The van der Waals surface area contributed by atoms with Crippen molar-refractivity contribution in [2.45, 2.75) is 45.2 Å². The van der Waals surface area contributed by atoms with Crippen LogP contribution >= 0.6 is 0 Å². The van der Waals surface area contributed by atoms with E-state index >= 15 is 0 Å². The van der Waals surface area contributed by atoms with Crippen molar-refractivity contribution in [2.24, 2.45) is 11.1 Å². The van der Waals surface area contributed by atoms with Crippen LogP contribution in [0.2, 0.25) is 0 Å². The van der Waals surface area contributed by atoms with Crippen molar-refractivity contribution in [1.29, 1.82) is 0 Å². The monoisotopic (exact) mass is 434 g/mol. The Kier molecular flexibility index (Phi) is 5.32. The van der Waals surface area contributed by atoms with E-state index in [1.54, 1.807) is 11.6 Å². The second kappa shape index (κ2) is 7.85. The van der Waals surface area contributed by atoms with Gasteiger partial charge in [0.05, 0.1) is 23.0 Å². The van der Waals surface area contributed by atoms with E-state index in [0.29, 0.717) is 11.3 Å². The zero-order chi connectivity index (χ0) is 23.1. The third-order valence-corrected chi connectivity index (χ3v) is 7.17. The number of nitrogens with one attached hydrogen (secondary N) is 3. The molecule has 0 unspecified atom stereocenters. The van der Waals surface area contributed by atoms with E-state index in [9.17, 15) is 9.59 Å². The molecule has 1 aliphatic carbocycles. The van der Waals surface area contributed by atoms with Gasteiger partial charge < -0.3 is 21.7 Å². The van der Waals surface area contributed by atoms with Crippen molar-refractivity contribution in [2.75, 3.05) is 12.4 Å². The lowest BCUT2D eigenvalue weighted by molar-refractivity contribution is 0.100. The van der Waals surface area contributed by atoms with Gasteiger partial charge in [0.2, 0.25) is 0 Å². The normalized spacial score (nSPS) is 21.9. The van der Waals surface area contributed by atoms with Gasteiger partial charge in [-0.3, -0.25) is 4.79 Å². The number of hydrogen-bond acceptors (Lipinski definition) is 4. The summed E-state index contributed by atoms with van der Waals surface area (Å²) in [5.74, 6) is -0.535. The van der Waals surface area contributed by atoms with Gasteiger partial charge in [-0.05, 0) is 31.4 Å². The Labute approximate surface area is 187 Å². The first-order valence-electron chi connectivity index (χ1n) is 10.8. The van der Waals surface area contributed by atoms with E-state index < -0.39 is 11.4 Å². The second-order valence-electron chi connectivity index (χ2n) is 9.22. The van der Waals surface area contributed by atoms with Gasteiger partial charge >= 0.3 is 6.03 Å². The summed E-state index contributed by atoms with van der Waals surface area (Å²) in [4.78, 5) is 24.3. The molecule has 1 aliphatic rings. The van der Waals surface area contributed by atoms with Crippen LogP contribution in [0, 0.1) is 5.41 Å². The first-order valence-corrected chi connectivity index (χ1v) is 10.8. The van der Waals surface area contributed by atoms with Gasteiger partial charge in [0, 0.05) is 35.8 Å². The molecule has 32 heavy (non-hydrogen) atoms. The number of urea groups is 1. The Morgan fingerprint density at radius 3 is 2.53 bits per heavy atom. The van der Waals surface area contributed by atoms with Crippen LogP contribution in [0.25, 0.3) is 16.6 Å². The first-order chi connectivity index (χ1) is 15.2. The van der Waals surface area contributed by atoms with Crippen molar-refractivity contribution >= 4 is 23.1 Å². The predicted octanol–water partition coefficient (Wildman–Crippen LogP) is 3.39. The predicted molar refractivity (Wildman–Crippen MR) is 126 cm³/mol. The molecule has 1 fully saturated rings. The molecule has 8 nitrogen and oxygen atoms in total. The molecule has 1 aromatic carbocycles. The SMILES string of the molecule is CNC(=O)N[C@@]1(C)CC[C@@H](Nc2c(C(N)=O)cnn3cc(-c4ccccc4)cc23)C1(C)C. The number of carbonyl (C=O) groups is 2. The maximum absolute atomic E-state index is 12.3. The molecular formula is C24H30N6O2. The Balaban J connectivity index is 1.75. The standard InChI is InChI=1S/C24H30N6O2/c1-23(2)19(10-11-24(23,3)29-22(32)26-4)28-20-17(21(25)31)13-27-30-14-16(12-18(20)30)15-8-6-5-7-9-15/h5-9,12-14,19,28H,10-11H2,1-4H3,(H2,25,31)(H2,26,29,32)/t19-,24+/m1/s1. The van der Waals surface area contributed by atoms with Gasteiger partial charge in [-0.2, -0.15) is 5.10 Å². The van der Waals surface area contributed by atoms with E-state index in [4.69, 9.17) is 5.73 Å². The number of aromatic nitrogens is 2. The topological polar surface area (TPSA) is 114 Å². The molecule has 5 N–H and O–H groups in total. The minimum absolute atomic E-state index is 0.00373. The molecule has 2 aromatic heterocycles. The number of hydrogen-bond donors (Lipinski definition) is 4. The minimum atomic E-state index is -0.535. The van der Waals surface area contributed by atoms with Gasteiger partial charge in [-0.15, -0.1) is 0 Å². The van der Waals surface area contributed by atoms with Gasteiger partial charge in [-0.1, -0.05) is 44.2 Å². The first kappa shape index (κ1) is 21.7. The van der Waals surface area contributed by atoms with Crippen LogP contribution in [-0.2, 0) is 0 Å². The van der Waals surface area contributed by atoms with Crippen LogP contribution in [-0.4, -0.2) is 40.2 Å². The number of primary amides is 1. The lowest BCUT2D eigenvalue weighted by Gasteiger charge is -2.42. The Bertz CT molecular complexity index is 1170. The smallest absolute Gasteiger partial charge is 0.314 e. The largest absolute Gasteiger partial charge is 0.379 e. The summed E-state index contributed by atoms with van der Waals surface area (Å²) in [6.07, 6.45) is 5.08. The summed E-state index contributed by atoms with van der Waals surface area (Å²) < 4.78 is 1.76. The third kappa shape index (κ3) is 3.55.